The third-order valence-electron chi connectivity index (χ3n) is 2.68. The van der Waals surface area contributed by atoms with Crippen LogP contribution in [0.1, 0.15) is 0 Å². The maximum atomic E-state index is 6.01. The molecule has 94 valence electrons. The van der Waals surface area contributed by atoms with Gasteiger partial charge in [-0.3, -0.25) is 4.90 Å². The second-order valence-electron chi connectivity index (χ2n) is 3.85. The van der Waals surface area contributed by atoms with Gasteiger partial charge >= 0.3 is 0 Å². The van der Waals surface area contributed by atoms with Crippen molar-refractivity contribution in [3.05, 3.63) is 28.2 Å². The summed E-state index contributed by atoms with van der Waals surface area (Å²) in [5, 5.41) is 1.11. The first-order valence-corrected chi connectivity index (χ1v) is 6.40. The Morgan fingerprint density at radius 1 is 1.18 bits per heavy atom. The number of morpholine rings is 1. The van der Waals surface area contributed by atoms with Gasteiger partial charge in [0.05, 0.1) is 23.3 Å². The summed E-state index contributed by atoms with van der Waals surface area (Å²) in [6.07, 6.45) is 0. The number of para-hydroxylation sites is 1. The van der Waals surface area contributed by atoms with Crippen LogP contribution in [0.3, 0.4) is 0 Å². The third kappa shape index (κ3) is 3.75. The fraction of sp³-hybridized carbons (Fsp3) is 0.500. The first-order valence-electron chi connectivity index (χ1n) is 5.64. The zero-order valence-corrected chi connectivity index (χ0v) is 11.0. The van der Waals surface area contributed by atoms with Crippen LogP contribution >= 0.6 is 23.2 Å². The van der Waals surface area contributed by atoms with Crippen LogP contribution in [0.25, 0.3) is 0 Å². The van der Waals surface area contributed by atoms with Gasteiger partial charge in [-0.15, -0.1) is 0 Å². The van der Waals surface area contributed by atoms with E-state index in [1.54, 1.807) is 18.2 Å². The van der Waals surface area contributed by atoms with Crippen molar-refractivity contribution in [1.29, 1.82) is 0 Å². The minimum atomic E-state index is 0.555. The highest BCUT2D eigenvalue weighted by Crippen LogP contribution is 2.32. The van der Waals surface area contributed by atoms with Gasteiger partial charge in [-0.1, -0.05) is 29.3 Å². The fourth-order valence-corrected chi connectivity index (χ4v) is 2.23. The molecule has 0 radical (unpaired) electrons. The summed E-state index contributed by atoms with van der Waals surface area (Å²) in [7, 11) is 0. The Hall–Kier alpha value is -0.480. The normalized spacial score (nSPS) is 17.1. The third-order valence-corrected chi connectivity index (χ3v) is 3.27. The second kappa shape index (κ2) is 6.45. The van der Waals surface area contributed by atoms with Gasteiger partial charge in [-0.25, -0.2) is 0 Å². The lowest BCUT2D eigenvalue weighted by Crippen LogP contribution is -2.38. The summed E-state index contributed by atoms with van der Waals surface area (Å²) < 4.78 is 10.9. The van der Waals surface area contributed by atoms with Gasteiger partial charge in [-0.05, 0) is 12.1 Å². The second-order valence-corrected chi connectivity index (χ2v) is 4.67. The molecule has 0 N–H and O–H groups in total. The first kappa shape index (κ1) is 13.0. The van der Waals surface area contributed by atoms with Crippen molar-refractivity contribution in [1.82, 2.24) is 4.90 Å². The standard InChI is InChI=1S/C12H15Cl2NO2/c13-10-2-1-3-11(14)12(10)17-9-6-15-4-7-16-8-5-15/h1-3H,4-9H2. The fourth-order valence-electron chi connectivity index (χ4n) is 1.72. The van der Waals surface area contributed by atoms with E-state index in [2.05, 4.69) is 4.90 Å². The van der Waals surface area contributed by atoms with Crippen LogP contribution in [0.15, 0.2) is 18.2 Å². The molecule has 5 heteroatoms. The SMILES string of the molecule is Clc1cccc(Cl)c1OCCN1CCOCC1. The van der Waals surface area contributed by atoms with Crippen LogP contribution in [0.4, 0.5) is 0 Å². The summed E-state index contributed by atoms with van der Waals surface area (Å²) in [4.78, 5) is 2.30. The molecule has 1 aromatic rings. The molecule has 0 spiro atoms. The Labute approximate surface area is 111 Å². The van der Waals surface area contributed by atoms with Crippen LogP contribution < -0.4 is 4.74 Å². The molecule has 1 aliphatic rings. The predicted octanol–water partition coefficient (Wildman–Crippen LogP) is 2.70. The van der Waals surface area contributed by atoms with Crippen molar-refractivity contribution >= 4 is 23.2 Å². The molecule has 1 saturated heterocycles. The molecule has 1 heterocycles. The van der Waals surface area contributed by atoms with Crippen LogP contribution in [0.2, 0.25) is 10.0 Å². The van der Waals surface area contributed by atoms with Crippen LogP contribution in [-0.4, -0.2) is 44.4 Å². The summed E-state index contributed by atoms with van der Waals surface area (Å²) >= 11 is 12.0. The van der Waals surface area contributed by atoms with Crippen LogP contribution in [-0.2, 0) is 4.74 Å². The maximum absolute atomic E-state index is 6.01. The van der Waals surface area contributed by atoms with Crippen LogP contribution in [0.5, 0.6) is 5.75 Å². The topological polar surface area (TPSA) is 21.7 Å². The molecule has 0 bridgehead atoms. The summed E-state index contributed by atoms with van der Waals surface area (Å²) in [5.74, 6) is 0.573. The van der Waals surface area contributed by atoms with E-state index in [1.807, 2.05) is 0 Å². The van der Waals surface area contributed by atoms with Crippen molar-refractivity contribution in [3.8, 4) is 5.75 Å². The minimum absolute atomic E-state index is 0.555. The number of benzene rings is 1. The molecule has 3 nitrogen and oxygen atoms in total. The quantitative estimate of drug-likeness (QED) is 0.844. The molecule has 17 heavy (non-hydrogen) atoms. The molecule has 0 amide bonds. The number of hydrogen-bond acceptors (Lipinski definition) is 3. The first-order chi connectivity index (χ1) is 8.27. The molecule has 0 atom stereocenters. The van der Waals surface area contributed by atoms with Gasteiger partial charge in [-0.2, -0.15) is 0 Å². The molecule has 0 aromatic heterocycles. The molecule has 1 aromatic carbocycles. The average Bonchev–Trinajstić information content (AvgIpc) is 2.34. The van der Waals surface area contributed by atoms with Gasteiger partial charge < -0.3 is 9.47 Å². The van der Waals surface area contributed by atoms with Crippen molar-refractivity contribution in [3.63, 3.8) is 0 Å². The number of nitrogens with zero attached hydrogens (tertiary/aromatic N) is 1. The van der Waals surface area contributed by atoms with Gasteiger partial charge in [0, 0.05) is 19.6 Å². The van der Waals surface area contributed by atoms with Crippen molar-refractivity contribution in [2.24, 2.45) is 0 Å². The Morgan fingerprint density at radius 3 is 2.47 bits per heavy atom. The molecule has 2 rings (SSSR count). The Kier molecular flexibility index (Phi) is 4.92. The zero-order valence-electron chi connectivity index (χ0n) is 9.49. The lowest BCUT2D eigenvalue weighted by atomic mass is 10.3. The van der Waals surface area contributed by atoms with Gasteiger partial charge in [0.1, 0.15) is 6.61 Å². The number of rotatable bonds is 4. The highest BCUT2D eigenvalue weighted by Gasteiger charge is 2.11. The highest BCUT2D eigenvalue weighted by molar-refractivity contribution is 6.37. The zero-order chi connectivity index (χ0) is 12.1. The Balaban J connectivity index is 1.81. The Bertz CT molecular complexity index is 347. The van der Waals surface area contributed by atoms with Crippen LogP contribution in [0, 0.1) is 0 Å². The van der Waals surface area contributed by atoms with E-state index in [1.165, 1.54) is 0 Å². The highest BCUT2D eigenvalue weighted by atomic mass is 35.5. The molecular weight excluding hydrogens is 261 g/mol. The summed E-state index contributed by atoms with van der Waals surface area (Å²) in [6.45, 7) is 4.97. The lowest BCUT2D eigenvalue weighted by molar-refractivity contribution is 0.0322. The summed E-state index contributed by atoms with van der Waals surface area (Å²) in [6, 6.07) is 5.36. The van der Waals surface area contributed by atoms with Crippen molar-refractivity contribution in [2.75, 3.05) is 39.5 Å². The largest absolute Gasteiger partial charge is 0.489 e. The lowest BCUT2D eigenvalue weighted by Gasteiger charge is -2.26. The van der Waals surface area contributed by atoms with Gasteiger partial charge in [0.15, 0.2) is 5.75 Å². The molecule has 0 unspecified atom stereocenters. The monoisotopic (exact) mass is 275 g/mol. The predicted molar refractivity (Wildman–Crippen MR) is 69.2 cm³/mol. The Morgan fingerprint density at radius 2 is 1.82 bits per heavy atom. The summed E-state index contributed by atoms with van der Waals surface area (Å²) in [5.41, 5.74) is 0. The molecule has 1 aliphatic heterocycles. The van der Waals surface area contributed by atoms with E-state index in [4.69, 9.17) is 32.7 Å². The van der Waals surface area contributed by atoms with E-state index in [0.29, 0.717) is 22.4 Å². The smallest absolute Gasteiger partial charge is 0.156 e. The number of ether oxygens (including phenoxy) is 2. The average molecular weight is 276 g/mol. The number of halogens is 2. The number of hydrogen-bond donors (Lipinski definition) is 0. The van der Waals surface area contributed by atoms with Crippen molar-refractivity contribution < 1.29 is 9.47 Å². The van der Waals surface area contributed by atoms with Gasteiger partial charge in [0.25, 0.3) is 0 Å². The van der Waals surface area contributed by atoms with E-state index in [0.717, 1.165) is 32.8 Å². The molecule has 0 aliphatic carbocycles. The van der Waals surface area contributed by atoms with E-state index < -0.39 is 0 Å². The van der Waals surface area contributed by atoms with E-state index in [9.17, 15) is 0 Å². The van der Waals surface area contributed by atoms with E-state index in [-0.39, 0.29) is 0 Å². The minimum Gasteiger partial charge on any atom is -0.489 e. The maximum Gasteiger partial charge on any atom is 0.156 e. The van der Waals surface area contributed by atoms with Gasteiger partial charge in [0.2, 0.25) is 0 Å². The molecule has 0 saturated carbocycles. The molecular formula is C12H15Cl2NO2. The molecule has 1 fully saturated rings. The van der Waals surface area contributed by atoms with E-state index >= 15 is 0 Å². The van der Waals surface area contributed by atoms with Crippen molar-refractivity contribution in [2.45, 2.75) is 0 Å².